The minimum atomic E-state index is -0.0383. The van der Waals surface area contributed by atoms with Gasteiger partial charge in [-0.05, 0) is 49.9 Å². The minimum Gasteiger partial charge on any atom is -0.484 e. The third kappa shape index (κ3) is 5.60. The first-order chi connectivity index (χ1) is 12.6. The van der Waals surface area contributed by atoms with Gasteiger partial charge in [0.1, 0.15) is 5.75 Å². The molecule has 0 spiro atoms. The highest BCUT2D eigenvalue weighted by Gasteiger charge is 2.20. The average molecular weight is 352 g/mol. The second-order valence-electron chi connectivity index (χ2n) is 7.21. The first-order valence-electron chi connectivity index (χ1n) is 9.35. The van der Waals surface area contributed by atoms with Gasteiger partial charge in [0.25, 0.3) is 5.91 Å². The zero-order valence-electron chi connectivity index (χ0n) is 15.7. The number of nitrogens with zero attached hydrogens (tertiary/aromatic N) is 1. The SMILES string of the molecule is Cc1cccc(CN2CCC(NC(=O)COc3cccc(C)c3)CC2)c1. The van der Waals surface area contributed by atoms with E-state index in [0.29, 0.717) is 0 Å². The predicted octanol–water partition coefficient (Wildman–Crippen LogP) is 3.46. The summed E-state index contributed by atoms with van der Waals surface area (Å²) in [7, 11) is 0. The van der Waals surface area contributed by atoms with Gasteiger partial charge in [0, 0.05) is 25.7 Å². The maximum Gasteiger partial charge on any atom is 0.258 e. The summed E-state index contributed by atoms with van der Waals surface area (Å²) in [6.07, 6.45) is 1.98. The van der Waals surface area contributed by atoms with Gasteiger partial charge >= 0.3 is 0 Å². The van der Waals surface area contributed by atoms with Crippen molar-refractivity contribution >= 4 is 5.91 Å². The number of hydrogen-bond donors (Lipinski definition) is 1. The summed E-state index contributed by atoms with van der Waals surface area (Å²) in [4.78, 5) is 14.6. The molecular formula is C22H28N2O2. The van der Waals surface area contributed by atoms with Crippen molar-refractivity contribution in [2.75, 3.05) is 19.7 Å². The van der Waals surface area contributed by atoms with Crippen LogP contribution in [0, 0.1) is 13.8 Å². The molecule has 1 heterocycles. The number of rotatable bonds is 6. The monoisotopic (exact) mass is 352 g/mol. The summed E-state index contributed by atoms with van der Waals surface area (Å²) in [5, 5.41) is 3.11. The van der Waals surface area contributed by atoms with E-state index in [-0.39, 0.29) is 18.6 Å². The highest BCUT2D eigenvalue weighted by Crippen LogP contribution is 2.15. The van der Waals surface area contributed by atoms with Crippen molar-refractivity contribution in [1.29, 1.82) is 0 Å². The molecular weight excluding hydrogens is 324 g/mol. The number of hydrogen-bond acceptors (Lipinski definition) is 3. The molecule has 1 amide bonds. The van der Waals surface area contributed by atoms with Gasteiger partial charge < -0.3 is 10.1 Å². The first-order valence-corrected chi connectivity index (χ1v) is 9.35. The Morgan fingerprint density at radius 2 is 1.77 bits per heavy atom. The molecule has 1 N–H and O–H groups in total. The molecule has 0 aromatic heterocycles. The van der Waals surface area contributed by atoms with Crippen LogP contribution in [0.2, 0.25) is 0 Å². The van der Waals surface area contributed by atoms with Crippen molar-refractivity contribution in [3.05, 3.63) is 65.2 Å². The van der Waals surface area contributed by atoms with Crippen LogP contribution in [-0.4, -0.2) is 36.5 Å². The predicted molar refractivity (Wildman–Crippen MR) is 104 cm³/mol. The Morgan fingerprint density at radius 3 is 2.46 bits per heavy atom. The Kier molecular flexibility index (Phi) is 6.29. The van der Waals surface area contributed by atoms with E-state index in [1.807, 2.05) is 31.2 Å². The Hall–Kier alpha value is -2.33. The van der Waals surface area contributed by atoms with Crippen LogP contribution < -0.4 is 10.1 Å². The zero-order chi connectivity index (χ0) is 18.4. The highest BCUT2D eigenvalue weighted by atomic mass is 16.5. The molecule has 1 aliphatic heterocycles. The summed E-state index contributed by atoms with van der Waals surface area (Å²) < 4.78 is 5.58. The van der Waals surface area contributed by atoms with Crippen molar-refractivity contribution < 1.29 is 9.53 Å². The second-order valence-corrected chi connectivity index (χ2v) is 7.21. The average Bonchev–Trinajstić information content (AvgIpc) is 2.62. The fourth-order valence-corrected chi connectivity index (χ4v) is 3.43. The molecule has 0 radical (unpaired) electrons. The maximum atomic E-state index is 12.1. The molecule has 1 saturated heterocycles. The molecule has 1 fully saturated rings. The van der Waals surface area contributed by atoms with Crippen molar-refractivity contribution in [3.8, 4) is 5.75 Å². The lowest BCUT2D eigenvalue weighted by molar-refractivity contribution is -0.124. The van der Waals surface area contributed by atoms with Gasteiger partial charge in [-0.15, -0.1) is 0 Å². The molecule has 0 unspecified atom stereocenters. The molecule has 0 aliphatic carbocycles. The minimum absolute atomic E-state index is 0.0383. The van der Waals surface area contributed by atoms with Gasteiger partial charge in [-0.25, -0.2) is 0 Å². The van der Waals surface area contributed by atoms with Crippen LogP contribution in [0.1, 0.15) is 29.5 Å². The second kappa shape index (κ2) is 8.86. The molecule has 4 heteroatoms. The van der Waals surface area contributed by atoms with E-state index in [9.17, 15) is 4.79 Å². The van der Waals surface area contributed by atoms with Crippen molar-refractivity contribution in [2.45, 2.75) is 39.3 Å². The molecule has 138 valence electrons. The van der Waals surface area contributed by atoms with Gasteiger partial charge in [-0.3, -0.25) is 9.69 Å². The van der Waals surface area contributed by atoms with E-state index in [1.165, 1.54) is 11.1 Å². The molecule has 1 aliphatic rings. The van der Waals surface area contributed by atoms with E-state index in [4.69, 9.17) is 4.74 Å². The molecule has 0 atom stereocenters. The van der Waals surface area contributed by atoms with Gasteiger partial charge in [0.2, 0.25) is 0 Å². The van der Waals surface area contributed by atoms with Gasteiger partial charge in [0.15, 0.2) is 6.61 Å². The topological polar surface area (TPSA) is 41.6 Å². The van der Waals surface area contributed by atoms with Gasteiger partial charge in [-0.2, -0.15) is 0 Å². The smallest absolute Gasteiger partial charge is 0.258 e. The Labute approximate surface area is 156 Å². The lowest BCUT2D eigenvalue weighted by Crippen LogP contribution is -2.45. The number of benzene rings is 2. The van der Waals surface area contributed by atoms with Crippen LogP contribution in [0.25, 0.3) is 0 Å². The zero-order valence-corrected chi connectivity index (χ0v) is 15.7. The van der Waals surface area contributed by atoms with E-state index in [1.54, 1.807) is 0 Å². The Morgan fingerprint density at radius 1 is 1.08 bits per heavy atom. The highest BCUT2D eigenvalue weighted by molar-refractivity contribution is 5.77. The van der Waals surface area contributed by atoms with Crippen LogP contribution in [0.15, 0.2) is 48.5 Å². The number of nitrogens with one attached hydrogen (secondary N) is 1. The fraction of sp³-hybridized carbons (Fsp3) is 0.409. The van der Waals surface area contributed by atoms with E-state index < -0.39 is 0 Å². The maximum absolute atomic E-state index is 12.1. The van der Waals surface area contributed by atoms with Crippen LogP contribution in [0.5, 0.6) is 5.75 Å². The van der Waals surface area contributed by atoms with Crippen LogP contribution in [0.3, 0.4) is 0 Å². The molecule has 3 rings (SSSR count). The van der Waals surface area contributed by atoms with Crippen LogP contribution in [0.4, 0.5) is 0 Å². The van der Waals surface area contributed by atoms with Crippen LogP contribution in [-0.2, 0) is 11.3 Å². The number of amides is 1. The van der Waals surface area contributed by atoms with E-state index in [0.717, 1.165) is 43.8 Å². The van der Waals surface area contributed by atoms with E-state index in [2.05, 4.69) is 41.4 Å². The Bertz CT molecular complexity index is 736. The molecule has 0 saturated carbocycles. The number of carbonyl (C=O) groups excluding carboxylic acids is 1. The first kappa shape index (κ1) is 18.5. The lowest BCUT2D eigenvalue weighted by atomic mass is 10.0. The number of aryl methyl sites for hydroxylation is 2. The van der Waals surface area contributed by atoms with Crippen molar-refractivity contribution in [1.82, 2.24) is 10.2 Å². The quantitative estimate of drug-likeness (QED) is 0.866. The molecule has 4 nitrogen and oxygen atoms in total. The van der Waals surface area contributed by atoms with E-state index >= 15 is 0 Å². The summed E-state index contributed by atoms with van der Waals surface area (Å²) in [5.41, 5.74) is 3.79. The normalized spacial score (nSPS) is 15.6. The number of carbonyl (C=O) groups is 1. The molecule has 26 heavy (non-hydrogen) atoms. The third-order valence-electron chi connectivity index (χ3n) is 4.80. The van der Waals surface area contributed by atoms with Crippen molar-refractivity contribution in [2.24, 2.45) is 0 Å². The summed E-state index contributed by atoms with van der Waals surface area (Å²) in [5.74, 6) is 0.705. The van der Waals surface area contributed by atoms with Gasteiger partial charge in [0.05, 0.1) is 0 Å². The third-order valence-corrected chi connectivity index (χ3v) is 4.80. The standard InChI is InChI=1S/C22H28N2O2/c1-17-5-3-7-19(13-17)15-24-11-9-20(10-12-24)23-22(25)16-26-21-8-4-6-18(2)14-21/h3-8,13-14,20H,9-12,15-16H2,1-2H3,(H,23,25). The summed E-state index contributed by atoms with van der Waals surface area (Å²) in [6, 6.07) is 16.7. The fourth-order valence-electron chi connectivity index (χ4n) is 3.43. The molecule has 0 bridgehead atoms. The van der Waals surface area contributed by atoms with Gasteiger partial charge in [-0.1, -0.05) is 42.0 Å². The number of ether oxygens (including phenoxy) is 1. The van der Waals surface area contributed by atoms with Crippen LogP contribution >= 0.6 is 0 Å². The Balaban J connectivity index is 1.38. The number of piperidine rings is 1. The van der Waals surface area contributed by atoms with Crippen molar-refractivity contribution in [3.63, 3.8) is 0 Å². The summed E-state index contributed by atoms with van der Waals surface area (Å²) >= 11 is 0. The number of likely N-dealkylation sites (tertiary alicyclic amines) is 1. The largest absolute Gasteiger partial charge is 0.484 e. The molecule has 2 aromatic rings. The summed E-state index contributed by atoms with van der Waals surface area (Å²) in [6.45, 7) is 7.22. The molecule has 2 aromatic carbocycles. The lowest BCUT2D eigenvalue weighted by Gasteiger charge is -2.32.